The number of rotatable bonds is 4. The van der Waals surface area contributed by atoms with Gasteiger partial charge in [0.25, 0.3) is 5.91 Å². The lowest BCUT2D eigenvalue weighted by Gasteiger charge is -2.11. The molecule has 0 saturated carbocycles. The second kappa shape index (κ2) is 6.59. The molecule has 0 radical (unpaired) electrons. The number of carboxylic acids is 1. The molecule has 5 nitrogen and oxygen atoms in total. The van der Waals surface area contributed by atoms with E-state index in [1.807, 2.05) is 0 Å². The van der Waals surface area contributed by atoms with Gasteiger partial charge in [-0.3, -0.25) is 4.79 Å². The maximum Gasteiger partial charge on any atom is 0.337 e. The highest BCUT2D eigenvalue weighted by atomic mass is 79.9. The molecule has 0 spiro atoms. The van der Waals surface area contributed by atoms with Crippen LogP contribution in [0.15, 0.2) is 32.5 Å². The molecule has 1 amide bonds. The lowest BCUT2D eigenvalue weighted by atomic mass is 10.2. The molecule has 1 aromatic heterocycles. The zero-order chi connectivity index (χ0) is 15.6. The number of carbonyl (C=O) groups is 2. The van der Waals surface area contributed by atoms with Crippen molar-refractivity contribution in [2.45, 2.75) is 0 Å². The predicted octanol–water partition coefficient (Wildman–Crippen LogP) is 4.23. The van der Waals surface area contributed by atoms with Crippen molar-refractivity contribution in [2.75, 3.05) is 12.4 Å². The first-order chi connectivity index (χ1) is 9.93. The van der Waals surface area contributed by atoms with Crippen molar-refractivity contribution in [3.63, 3.8) is 0 Å². The third kappa shape index (κ3) is 3.45. The van der Waals surface area contributed by atoms with Crippen LogP contribution >= 0.6 is 43.2 Å². The highest BCUT2D eigenvalue weighted by Crippen LogP contribution is 2.32. The number of hydrogen-bond acceptors (Lipinski definition) is 4. The van der Waals surface area contributed by atoms with Gasteiger partial charge in [-0.05, 0) is 39.5 Å². The second-order valence-electron chi connectivity index (χ2n) is 3.89. The molecule has 0 fully saturated rings. The number of benzene rings is 1. The summed E-state index contributed by atoms with van der Waals surface area (Å²) in [5.74, 6) is -1.11. The minimum atomic E-state index is -1.13. The quantitative estimate of drug-likeness (QED) is 0.754. The molecule has 2 rings (SSSR count). The largest absolute Gasteiger partial charge is 0.495 e. The van der Waals surface area contributed by atoms with Crippen molar-refractivity contribution in [3.8, 4) is 5.75 Å². The maximum atomic E-state index is 12.3. The van der Waals surface area contributed by atoms with Gasteiger partial charge >= 0.3 is 5.97 Å². The van der Waals surface area contributed by atoms with E-state index in [1.165, 1.54) is 24.5 Å². The van der Waals surface area contributed by atoms with Crippen LogP contribution in [0.2, 0.25) is 0 Å². The van der Waals surface area contributed by atoms with E-state index in [0.717, 1.165) is 0 Å². The van der Waals surface area contributed by atoms with Gasteiger partial charge in [0.15, 0.2) is 0 Å². The Hall–Kier alpha value is -1.38. The molecule has 2 aromatic rings. The number of hydrogen-bond donors (Lipinski definition) is 2. The molecule has 1 heterocycles. The van der Waals surface area contributed by atoms with Crippen molar-refractivity contribution in [3.05, 3.63) is 43.0 Å². The van der Waals surface area contributed by atoms with Gasteiger partial charge in [-0.15, -0.1) is 11.3 Å². The Morgan fingerprint density at radius 3 is 2.67 bits per heavy atom. The van der Waals surface area contributed by atoms with E-state index in [4.69, 9.17) is 4.74 Å². The van der Waals surface area contributed by atoms with Crippen LogP contribution in [0.4, 0.5) is 5.69 Å². The van der Waals surface area contributed by atoms with Crippen molar-refractivity contribution in [1.29, 1.82) is 0 Å². The van der Waals surface area contributed by atoms with Gasteiger partial charge in [-0.2, -0.15) is 0 Å². The Kier molecular flexibility index (Phi) is 5.02. The summed E-state index contributed by atoms with van der Waals surface area (Å²) in [6.45, 7) is 0. The molecule has 0 aliphatic carbocycles. The van der Waals surface area contributed by atoms with Crippen molar-refractivity contribution in [2.24, 2.45) is 0 Å². The standard InChI is InChI=1S/C13H9Br2NO4S/c1-20-9-2-3-21-11(9)12(17)16-10-7(13(18)19)4-6(14)5-8(10)15/h2-5H,1H3,(H,16,17)(H,18,19). The highest BCUT2D eigenvalue weighted by Gasteiger charge is 2.20. The Labute approximate surface area is 141 Å². The molecular formula is C13H9Br2NO4S. The van der Waals surface area contributed by atoms with Crippen LogP contribution in [0, 0.1) is 0 Å². The molecule has 1 aromatic carbocycles. The lowest BCUT2D eigenvalue weighted by Crippen LogP contribution is -2.15. The first kappa shape index (κ1) is 16.0. The molecule has 0 aliphatic heterocycles. The summed E-state index contributed by atoms with van der Waals surface area (Å²) in [7, 11) is 1.47. The average Bonchev–Trinajstić information content (AvgIpc) is 2.89. The molecule has 0 bridgehead atoms. The Bertz CT molecular complexity index is 714. The molecule has 0 aliphatic rings. The van der Waals surface area contributed by atoms with E-state index in [1.54, 1.807) is 17.5 Å². The summed E-state index contributed by atoms with van der Waals surface area (Å²) in [6.07, 6.45) is 0. The van der Waals surface area contributed by atoms with Crippen LogP contribution in [-0.2, 0) is 0 Å². The van der Waals surface area contributed by atoms with Gasteiger partial charge in [-0.1, -0.05) is 15.9 Å². The lowest BCUT2D eigenvalue weighted by molar-refractivity contribution is 0.0698. The number of halogens is 2. The first-order valence-corrected chi connectivity index (χ1v) is 8.05. The smallest absolute Gasteiger partial charge is 0.337 e. The number of ether oxygens (including phenoxy) is 1. The Balaban J connectivity index is 2.40. The van der Waals surface area contributed by atoms with Crippen LogP contribution in [0.5, 0.6) is 5.75 Å². The number of carboxylic acid groups (broad SMARTS) is 1. The van der Waals surface area contributed by atoms with E-state index in [9.17, 15) is 14.7 Å². The van der Waals surface area contributed by atoms with Crippen LogP contribution in [0.3, 0.4) is 0 Å². The summed E-state index contributed by atoms with van der Waals surface area (Å²) in [4.78, 5) is 23.9. The molecule has 0 unspecified atom stereocenters. The van der Waals surface area contributed by atoms with Gasteiger partial charge in [0, 0.05) is 8.95 Å². The van der Waals surface area contributed by atoms with Crippen molar-refractivity contribution < 1.29 is 19.4 Å². The topological polar surface area (TPSA) is 75.6 Å². The van der Waals surface area contributed by atoms with Gasteiger partial charge in [0.1, 0.15) is 10.6 Å². The highest BCUT2D eigenvalue weighted by molar-refractivity contribution is 9.11. The molecular weight excluding hydrogens is 426 g/mol. The minimum Gasteiger partial charge on any atom is -0.495 e. The van der Waals surface area contributed by atoms with Gasteiger partial charge in [0.2, 0.25) is 0 Å². The van der Waals surface area contributed by atoms with Crippen LogP contribution in [0.25, 0.3) is 0 Å². The summed E-state index contributed by atoms with van der Waals surface area (Å²) < 4.78 is 6.15. The van der Waals surface area contributed by atoms with Gasteiger partial charge in [-0.25, -0.2) is 4.79 Å². The van der Waals surface area contributed by atoms with Gasteiger partial charge in [0.05, 0.1) is 18.4 Å². The number of thiophene rings is 1. The van der Waals surface area contributed by atoms with Gasteiger partial charge < -0.3 is 15.2 Å². The number of anilines is 1. The fraction of sp³-hybridized carbons (Fsp3) is 0.0769. The SMILES string of the molecule is COc1ccsc1C(=O)Nc1c(Br)cc(Br)cc1C(=O)O. The number of aromatic carboxylic acids is 1. The summed E-state index contributed by atoms with van der Waals surface area (Å²) in [5.41, 5.74) is 0.186. The molecule has 0 saturated heterocycles. The van der Waals surface area contributed by atoms with Crippen LogP contribution in [0.1, 0.15) is 20.0 Å². The summed E-state index contributed by atoms with van der Waals surface area (Å²) >= 11 is 7.69. The fourth-order valence-electron chi connectivity index (χ4n) is 1.66. The van der Waals surface area contributed by atoms with E-state index in [0.29, 0.717) is 19.6 Å². The first-order valence-electron chi connectivity index (χ1n) is 5.59. The third-order valence-corrected chi connectivity index (χ3v) is 4.56. The molecule has 2 N–H and O–H groups in total. The zero-order valence-corrected chi connectivity index (χ0v) is 14.6. The Morgan fingerprint density at radius 1 is 1.33 bits per heavy atom. The molecule has 8 heteroatoms. The van der Waals surface area contributed by atoms with E-state index in [-0.39, 0.29) is 11.3 Å². The fourth-order valence-corrected chi connectivity index (χ4v) is 3.74. The number of nitrogens with one attached hydrogen (secondary N) is 1. The summed E-state index contributed by atoms with van der Waals surface area (Å²) in [5, 5.41) is 13.6. The molecule has 110 valence electrons. The normalized spacial score (nSPS) is 10.2. The molecule has 21 heavy (non-hydrogen) atoms. The maximum absolute atomic E-state index is 12.3. The Morgan fingerprint density at radius 2 is 2.05 bits per heavy atom. The summed E-state index contributed by atoms with van der Waals surface area (Å²) in [6, 6.07) is 4.76. The van der Waals surface area contributed by atoms with Crippen LogP contribution in [-0.4, -0.2) is 24.1 Å². The monoisotopic (exact) mass is 433 g/mol. The second-order valence-corrected chi connectivity index (χ2v) is 6.57. The zero-order valence-electron chi connectivity index (χ0n) is 10.6. The van der Waals surface area contributed by atoms with Crippen LogP contribution < -0.4 is 10.1 Å². The minimum absolute atomic E-state index is 0.0138. The van der Waals surface area contributed by atoms with E-state index >= 15 is 0 Å². The van der Waals surface area contributed by atoms with Crippen molar-refractivity contribution in [1.82, 2.24) is 0 Å². The van der Waals surface area contributed by atoms with Crippen molar-refractivity contribution >= 4 is 60.8 Å². The molecule has 0 atom stereocenters. The number of methoxy groups -OCH3 is 1. The average molecular weight is 435 g/mol. The third-order valence-electron chi connectivity index (χ3n) is 2.58. The van der Waals surface area contributed by atoms with E-state index in [2.05, 4.69) is 37.2 Å². The van der Waals surface area contributed by atoms with E-state index < -0.39 is 11.9 Å². The predicted molar refractivity (Wildman–Crippen MR) is 87.6 cm³/mol. The number of carbonyl (C=O) groups excluding carboxylic acids is 1. The number of amides is 1.